The van der Waals surface area contributed by atoms with Gasteiger partial charge >= 0.3 is 0 Å². The minimum absolute atomic E-state index is 0.144. The second-order valence-corrected chi connectivity index (χ2v) is 6.18. The second-order valence-electron chi connectivity index (χ2n) is 6.18. The van der Waals surface area contributed by atoms with E-state index in [1.807, 2.05) is 12.3 Å². The highest BCUT2D eigenvalue weighted by molar-refractivity contribution is 5.87. The summed E-state index contributed by atoms with van der Waals surface area (Å²) in [5.74, 6) is 0. The van der Waals surface area contributed by atoms with Crippen LogP contribution in [0.3, 0.4) is 0 Å². The van der Waals surface area contributed by atoms with Crippen LogP contribution in [0.4, 0.5) is 0 Å². The van der Waals surface area contributed by atoms with E-state index in [1.165, 1.54) is 16.5 Å². The largest absolute Gasteiger partial charge is 0.308 e. The van der Waals surface area contributed by atoms with Gasteiger partial charge in [0, 0.05) is 29.2 Å². The lowest BCUT2D eigenvalue weighted by Gasteiger charge is -2.21. The lowest BCUT2D eigenvalue weighted by atomic mass is 10.0. The fraction of sp³-hybridized carbons (Fsp3) is 0.389. The number of nitrogens with zero attached hydrogens (tertiary/aromatic N) is 1. The number of para-hydroxylation sites is 1. The fourth-order valence-electron chi connectivity index (χ4n) is 2.12. The number of nitrogens with one attached hydrogen (secondary N) is 1. The number of rotatable bonds is 4. The van der Waals surface area contributed by atoms with Crippen LogP contribution < -0.4 is 5.32 Å². The predicted molar refractivity (Wildman–Crippen MR) is 87.8 cm³/mol. The molecule has 0 amide bonds. The van der Waals surface area contributed by atoms with Crippen LogP contribution in [0.5, 0.6) is 0 Å². The number of aromatic nitrogens is 1. The molecule has 0 radical (unpaired) electrons. The van der Waals surface area contributed by atoms with Gasteiger partial charge < -0.3 is 5.32 Å². The van der Waals surface area contributed by atoms with E-state index in [1.54, 1.807) is 0 Å². The van der Waals surface area contributed by atoms with E-state index in [4.69, 9.17) is 0 Å². The Morgan fingerprint density at radius 2 is 1.95 bits per heavy atom. The number of benzene rings is 1. The van der Waals surface area contributed by atoms with E-state index in [2.05, 4.69) is 68.3 Å². The van der Waals surface area contributed by atoms with Crippen molar-refractivity contribution in [2.24, 2.45) is 0 Å². The molecule has 0 spiro atoms. The van der Waals surface area contributed by atoms with Crippen molar-refractivity contribution in [3.8, 4) is 0 Å². The SMILES string of the molecule is CCC(=Cc1cccc2cccnc12)CNC(C)(C)C. The molecule has 1 aromatic heterocycles. The third-order valence-electron chi connectivity index (χ3n) is 3.32. The van der Waals surface area contributed by atoms with E-state index in [-0.39, 0.29) is 5.54 Å². The molecule has 0 aliphatic carbocycles. The minimum Gasteiger partial charge on any atom is -0.308 e. The Morgan fingerprint density at radius 1 is 1.20 bits per heavy atom. The van der Waals surface area contributed by atoms with Crippen molar-refractivity contribution in [2.45, 2.75) is 39.7 Å². The topological polar surface area (TPSA) is 24.9 Å². The third-order valence-corrected chi connectivity index (χ3v) is 3.32. The molecule has 0 atom stereocenters. The van der Waals surface area contributed by atoms with Crippen molar-refractivity contribution in [3.05, 3.63) is 47.7 Å². The summed E-state index contributed by atoms with van der Waals surface area (Å²) in [7, 11) is 0. The quantitative estimate of drug-likeness (QED) is 0.888. The minimum atomic E-state index is 0.144. The summed E-state index contributed by atoms with van der Waals surface area (Å²) >= 11 is 0. The molecule has 0 bridgehead atoms. The van der Waals surface area contributed by atoms with Crippen molar-refractivity contribution in [3.63, 3.8) is 0 Å². The summed E-state index contributed by atoms with van der Waals surface area (Å²) < 4.78 is 0. The van der Waals surface area contributed by atoms with Crippen LogP contribution in [0.25, 0.3) is 17.0 Å². The van der Waals surface area contributed by atoms with Crippen LogP contribution >= 0.6 is 0 Å². The summed E-state index contributed by atoms with van der Waals surface area (Å²) in [5, 5.41) is 4.75. The molecular weight excluding hydrogens is 244 g/mol. The summed E-state index contributed by atoms with van der Waals surface area (Å²) in [6, 6.07) is 10.4. The second kappa shape index (κ2) is 6.19. The summed E-state index contributed by atoms with van der Waals surface area (Å²) in [4.78, 5) is 4.51. The first-order valence-electron chi connectivity index (χ1n) is 7.28. The van der Waals surface area contributed by atoms with Crippen molar-refractivity contribution in [2.75, 3.05) is 6.54 Å². The van der Waals surface area contributed by atoms with E-state index in [0.29, 0.717) is 0 Å². The van der Waals surface area contributed by atoms with Crippen molar-refractivity contribution < 1.29 is 0 Å². The van der Waals surface area contributed by atoms with Gasteiger partial charge in [-0.25, -0.2) is 0 Å². The maximum atomic E-state index is 4.51. The zero-order chi connectivity index (χ0) is 14.6. The molecule has 2 aromatic rings. The molecule has 1 N–H and O–H groups in total. The first kappa shape index (κ1) is 14.7. The summed E-state index contributed by atoms with van der Waals surface area (Å²) in [5.41, 5.74) is 3.83. The third kappa shape index (κ3) is 3.91. The van der Waals surface area contributed by atoms with Crippen LogP contribution in [0, 0.1) is 0 Å². The van der Waals surface area contributed by atoms with Crippen molar-refractivity contribution in [1.29, 1.82) is 0 Å². The zero-order valence-electron chi connectivity index (χ0n) is 12.9. The van der Waals surface area contributed by atoms with Crippen LogP contribution in [-0.2, 0) is 0 Å². The lowest BCUT2D eigenvalue weighted by molar-refractivity contribution is 0.443. The maximum absolute atomic E-state index is 4.51. The molecule has 2 rings (SSSR count). The molecule has 0 aliphatic rings. The predicted octanol–water partition coefficient (Wildman–Crippen LogP) is 4.42. The normalized spacial score (nSPS) is 12.9. The van der Waals surface area contributed by atoms with E-state index >= 15 is 0 Å². The summed E-state index contributed by atoms with van der Waals surface area (Å²) in [6.45, 7) is 9.71. The Kier molecular flexibility index (Phi) is 4.56. The average Bonchev–Trinajstić information content (AvgIpc) is 2.42. The first-order chi connectivity index (χ1) is 9.49. The van der Waals surface area contributed by atoms with Gasteiger partial charge in [-0.2, -0.15) is 0 Å². The Hall–Kier alpha value is -1.67. The number of hydrogen-bond acceptors (Lipinski definition) is 2. The number of hydrogen-bond donors (Lipinski definition) is 1. The zero-order valence-corrected chi connectivity index (χ0v) is 12.9. The van der Waals surface area contributed by atoms with Gasteiger partial charge in [-0.15, -0.1) is 0 Å². The van der Waals surface area contributed by atoms with Crippen LogP contribution in [0.1, 0.15) is 39.7 Å². The molecule has 0 saturated heterocycles. The van der Waals surface area contributed by atoms with Gasteiger partial charge in [0.2, 0.25) is 0 Å². The van der Waals surface area contributed by atoms with E-state index < -0.39 is 0 Å². The Balaban J connectivity index is 2.30. The molecular formula is C18H24N2. The highest BCUT2D eigenvalue weighted by Gasteiger charge is 2.09. The standard InChI is InChI=1S/C18H24N2/c1-5-14(13-20-18(2,3)4)12-16-9-6-8-15-10-7-11-19-17(15)16/h6-12,20H,5,13H2,1-4H3. The summed E-state index contributed by atoms with van der Waals surface area (Å²) in [6.07, 6.45) is 5.18. The van der Waals surface area contributed by atoms with Gasteiger partial charge in [0.1, 0.15) is 0 Å². The molecule has 0 fully saturated rings. The number of pyridine rings is 1. The van der Waals surface area contributed by atoms with Crippen molar-refractivity contribution >= 4 is 17.0 Å². The molecule has 1 heterocycles. The van der Waals surface area contributed by atoms with Crippen LogP contribution in [-0.4, -0.2) is 17.1 Å². The van der Waals surface area contributed by atoms with Crippen LogP contribution in [0.2, 0.25) is 0 Å². The highest BCUT2D eigenvalue weighted by atomic mass is 14.9. The fourth-order valence-corrected chi connectivity index (χ4v) is 2.12. The molecule has 0 aliphatic heterocycles. The molecule has 2 heteroatoms. The highest BCUT2D eigenvalue weighted by Crippen LogP contribution is 2.19. The van der Waals surface area contributed by atoms with Gasteiger partial charge in [0.25, 0.3) is 0 Å². The smallest absolute Gasteiger partial charge is 0.0774 e. The van der Waals surface area contributed by atoms with Gasteiger partial charge in [-0.05, 0) is 33.3 Å². The van der Waals surface area contributed by atoms with Gasteiger partial charge in [0.15, 0.2) is 0 Å². The molecule has 2 nitrogen and oxygen atoms in total. The molecule has 20 heavy (non-hydrogen) atoms. The molecule has 0 unspecified atom stereocenters. The van der Waals surface area contributed by atoms with Crippen molar-refractivity contribution in [1.82, 2.24) is 10.3 Å². The van der Waals surface area contributed by atoms with E-state index in [0.717, 1.165) is 18.5 Å². The first-order valence-corrected chi connectivity index (χ1v) is 7.28. The molecule has 1 aromatic carbocycles. The Bertz CT molecular complexity index is 601. The Labute approximate surface area is 121 Å². The number of fused-ring (bicyclic) bond motifs is 1. The maximum Gasteiger partial charge on any atom is 0.0774 e. The van der Waals surface area contributed by atoms with Crippen LogP contribution in [0.15, 0.2) is 42.1 Å². The Morgan fingerprint density at radius 3 is 2.65 bits per heavy atom. The lowest BCUT2D eigenvalue weighted by Crippen LogP contribution is -2.36. The van der Waals surface area contributed by atoms with Gasteiger partial charge in [-0.3, -0.25) is 4.98 Å². The average molecular weight is 268 g/mol. The van der Waals surface area contributed by atoms with Gasteiger partial charge in [-0.1, -0.05) is 42.8 Å². The van der Waals surface area contributed by atoms with Gasteiger partial charge in [0.05, 0.1) is 5.52 Å². The molecule has 0 saturated carbocycles. The molecule has 106 valence electrons. The monoisotopic (exact) mass is 268 g/mol. The van der Waals surface area contributed by atoms with E-state index in [9.17, 15) is 0 Å².